The minimum atomic E-state index is -0.0746. The zero-order valence-corrected chi connectivity index (χ0v) is 15.1. The molecule has 132 valence electrons. The van der Waals surface area contributed by atoms with Crippen molar-refractivity contribution >= 4 is 17.4 Å². The molecule has 1 aliphatic heterocycles. The Bertz CT molecular complexity index is 704. The SMILES string of the molecule is CC(=O)Nc1ccc(-c2cnc(N3CCN(C(C)C)CC3)cn2)cc1. The number of hydrogen-bond donors (Lipinski definition) is 1. The van der Waals surface area contributed by atoms with E-state index < -0.39 is 0 Å². The monoisotopic (exact) mass is 339 g/mol. The lowest BCUT2D eigenvalue weighted by atomic mass is 10.1. The summed E-state index contributed by atoms with van der Waals surface area (Å²) in [5, 5.41) is 2.76. The third-order valence-corrected chi connectivity index (χ3v) is 4.51. The third-order valence-electron chi connectivity index (χ3n) is 4.51. The number of nitrogens with zero attached hydrogens (tertiary/aromatic N) is 4. The van der Waals surface area contributed by atoms with Crippen LogP contribution in [-0.2, 0) is 4.79 Å². The zero-order chi connectivity index (χ0) is 17.8. The first-order valence-corrected chi connectivity index (χ1v) is 8.72. The molecule has 6 nitrogen and oxygen atoms in total. The fourth-order valence-corrected chi connectivity index (χ4v) is 3.03. The fraction of sp³-hybridized carbons (Fsp3) is 0.421. The molecule has 1 N–H and O–H groups in total. The molecule has 1 aromatic heterocycles. The van der Waals surface area contributed by atoms with Gasteiger partial charge in [0.1, 0.15) is 5.82 Å². The number of amides is 1. The molecule has 2 heterocycles. The summed E-state index contributed by atoms with van der Waals surface area (Å²) in [5.41, 5.74) is 2.60. The Morgan fingerprint density at radius 1 is 1.04 bits per heavy atom. The third kappa shape index (κ3) is 4.33. The molecular formula is C19H25N5O. The largest absolute Gasteiger partial charge is 0.353 e. The van der Waals surface area contributed by atoms with Crippen molar-refractivity contribution in [3.8, 4) is 11.3 Å². The van der Waals surface area contributed by atoms with Crippen LogP contribution in [0.3, 0.4) is 0 Å². The van der Waals surface area contributed by atoms with E-state index in [-0.39, 0.29) is 5.91 Å². The lowest BCUT2D eigenvalue weighted by molar-refractivity contribution is -0.114. The number of nitrogens with one attached hydrogen (secondary N) is 1. The Hall–Kier alpha value is -2.47. The van der Waals surface area contributed by atoms with Crippen LogP contribution in [0.2, 0.25) is 0 Å². The van der Waals surface area contributed by atoms with Crippen LogP contribution in [0.25, 0.3) is 11.3 Å². The van der Waals surface area contributed by atoms with Crippen molar-refractivity contribution in [2.75, 3.05) is 36.4 Å². The smallest absolute Gasteiger partial charge is 0.221 e. The lowest BCUT2D eigenvalue weighted by Gasteiger charge is -2.37. The standard InChI is InChI=1S/C19H25N5O/c1-14(2)23-8-10-24(11-9-23)19-13-20-18(12-21-19)16-4-6-17(7-5-16)22-15(3)25/h4-7,12-14H,8-11H2,1-3H3,(H,22,25). The van der Waals surface area contributed by atoms with Crippen molar-refractivity contribution in [2.45, 2.75) is 26.8 Å². The average molecular weight is 339 g/mol. The van der Waals surface area contributed by atoms with Gasteiger partial charge >= 0.3 is 0 Å². The van der Waals surface area contributed by atoms with E-state index in [2.05, 4.69) is 38.9 Å². The maximum atomic E-state index is 11.1. The summed E-state index contributed by atoms with van der Waals surface area (Å²) < 4.78 is 0. The molecule has 0 bridgehead atoms. The van der Waals surface area contributed by atoms with Gasteiger partial charge in [-0.1, -0.05) is 12.1 Å². The van der Waals surface area contributed by atoms with Gasteiger partial charge in [0.25, 0.3) is 0 Å². The van der Waals surface area contributed by atoms with E-state index in [0.717, 1.165) is 48.9 Å². The Morgan fingerprint density at radius 3 is 2.24 bits per heavy atom. The highest BCUT2D eigenvalue weighted by Gasteiger charge is 2.19. The van der Waals surface area contributed by atoms with Gasteiger partial charge in [-0.05, 0) is 26.0 Å². The molecule has 1 aliphatic rings. The molecule has 0 atom stereocenters. The van der Waals surface area contributed by atoms with Crippen LogP contribution in [0.1, 0.15) is 20.8 Å². The van der Waals surface area contributed by atoms with Crippen molar-refractivity contribution in [1.29, 1.82) is 0 Å². The van der Waals surface area contributed by atoms with E-state index >= 15 is 0 Å². The number of carbonyl (C=O) groups excluding carboxylic acids is 1. The molecule has 1 fully saturated rings. The van der Waals surface area contributed by atoms with Crippen LogP contribution < -0.4 is 10.2 Å². The van der Waals surface area contributed by atoms with Crippen molar-refractivity contribution in [1.82, 2.24) is 14.9 Å². The van der Waals surface area contributed by atoms with Crippen molar-refractivity contribution in [3.05, 3.63) is 36.7 Å². The van der Waals surface area contributed by atoms with Crippen molar-refractivity contribution in [3.63, 3.8) is 0 Å². The van der Waals surface area contributed by atoms with E-state index in [0.29, 0.717) is 6.04 Å². The number of rotatable bonds is 4. The lowest BCUT2D eigenvalue weighted by Crippen LogP contribution is -2.49. The first-order chi connectivity index (χ1) is 12.0. The normalized spacial score (nSPS) is 15.4. The highest BCUT2D eigenvalue weighted by atomic mass is 16.1. The first kappa shape index (κ1) is 17.4. The predicted octanol–water partition coefficient (Wildman–Crippen LogP) is 2.63. The maximum Gasteiger partial charge on any atom is 0.221 e. The molecular weight excluding hydrogens is 314 g/mol. The first-order valence-electron chi connectivity index (χ1n) is 8.72. The Morgan fingerprint density at radius 2 is 1.72 bits per heavy atom. The van der Waals surface area contributed by atoms with E-state index in [4.69, 9.17) is 0 Å². The highest BCUT2D eigenvalue weighted by Crippen LogP contribution is 2.21. The summed E-state index contributed by atoms with van der Waals surface area (Å²) in [7, 11) is 0. The topological polar surface area (TPSA) is 61.4 Å². The Labute approximate surface area is 148 Å². The Kier molecular flexibility index (Phi) is 5.28. The molecule has 3 rings (SSSR count). The molecule has 1 saturated heterocycles. The van der Waals surface area contributed by atoms with Crippen LogP contribution in [0.4, 0.5) is 11.5 Å². The molecule has 1 aromatic carbocycles. The van der Waals surface area contributed by atoms with Gasteiger partial charge in [-0.25, -0.2) is 4.98 Å². The highest BCUT2D eigenvalue weighted by molar-refractivity contribution is 5.88. The second-order valence-electron chi connectivity index (χ2n) is 6.64. The van der Waals surface area contributed by atoms with Gasteiger partial charge in [-0.15, -0.1) is 0 Å². The number of carbonyl (C=O) groups is 1. The minimum absolute atomic E-state index is 0.0746. The maximum absolute atomic E-state index is 11.1. The van der Waals surface area contributed by atoms with Gasteiger partial charge in [0.15, 0.2) is 0 Å². The van der Waals surface area contributed by atoms with Crippen LogP contribution >= 0.6 is 0 Å². The fourth-order valence-electron chi connectivity index (χ4n) is 3.03. The molecule has 25 heavy (non-hydrogen) atoms. The summed E-state index contributed by atoms with van der Waals surface area (Å²) in [4.78, 5) is 25.0. The van der Waals surface area contributed by atoms with Gasteiger partial charge in [0, 0.05) is 50.4 Å². The summed E-state index contributed by atoms with van der Waals surface area (Å²) in [6.07, 6.45) is 3.67. The molecule has 6 heteroatoms. The van der Waals surface area contributed by atoms with E-state index in [9.17, 15) is 4.79 Å². The quantitative estimate of drug-likeness (QED) is 0.928. The van der Waals surface area contributed by atoms with Gasteiger partial charge in [-0.3, -0.25) is 14.7 Å². The molecule has 1 amide bonds. The van der Waals surface area contributed by atoms with Gasteiger partial charge in [0.2, 0.25) is 5.91 Å². The summed E-state index contributed by atoms with van der Waals surface area (Å²) in [5.74, 6) is 0.858. The molecule has 0 radical (unpaired) electrons. The van der Waals surface area contributed by atoms with E-state index in [1.807, 2.05) is 36.7 Å². The predicted molar refractivity (Wildman–Crippen MR) is 101 cm³/mol. The van der Waals surface area contributed by atoms with Crippen LogP contribution in [0.5, 0.6) is 0 Å². The van der Waals surface area contributed by atoms with E-state index in [1.165, 1.54) is 6.92 Å². The summed E-state index contributed by atoms with van der Waals surface area (Å²) in [6, 6.07) is 8.22. The van der Waals surface area contributed by atoms with Crippen LogP contribution in [0, 0.1) is 0 Å². The second-order valence-corrected chi connectivity index (χ2v) is 6.64. The number of piperazine rings is 1. The van der Waals surface area contributed by atoms with Crippen molar-refractivity contribution in [2.24, 2.45) is 0 Å². The number of hydrogen-bond acceptors (Lipinski definition) is 5. The van der Waals surface area contributed by atoms with Crippen LogP contribution in [0.15, 0.2) is 36.7 Å². The van der Waals surface area contributed by atoms with Gasteiger partial charge < -0.3 is 10.2 Å². The zero-order valence-electron chi connectivity index (χ0n) is 15.1. The molecule has 0 unspecified atom stereocenters. The van der Waals surface area contributed by atoms with Crippen LogP contribution in [-0.4, -0.2) is 53.0 Å². The molecule has 0 saturated carbocycles. The van der Waals surface area contributed by atoms with Gasteiger partial charge in [-0.2, -0.15) is 0 Å². The summed E-state index contributed by atoms with van der Waals surface area (Å²) in [6.45, 7) is 10.1. The average Bonchev–Trinajstić information content (AvgIpc) is 2.62. The number of aromatic nitrogens is 2. The molecule has 0 aliphatic carbocycles. The molecule has 0 spiro atoms. The second kappa shape index (κ2) is 7.61. The minimum Gasteiger partial charge on any atom is -0.353 e. The van der Waals surface area contributed by atoms with E-state index in [1.54, 1.807) is 0 Å². The van der Waals surface area contributed by atoms with Gasteiger partial charge in [0.05, 0.1) is 18.1 Å². The summed E-state index contributed by atoms with van der Waals surface area (Å²) >= 11 is 0. The number of benzene rings is 1. The molecule has 2 aromatic rings. The Balaban J connectivity index is 1.65. The van der Waals surface area contributed by atoms with Crippen molar-refractivity contribution < 1.29 is 4.79 Å². The number of anilines is 2.